The van der Waals surface area contributed by atoms with Gasteiger partial charge in [0.1, 0.15) is 5.75 Å². The van der Waals surface area contributed by atoms with Crippen LogP contribution < -0.4 is 10.1 Å². The number of para-hydroxylation sites is 2. The van der Waals surface area contributed by atoms with Crippen LogP contribution in [0.2, 0.25) is 0 Å². The van der Waals surface area contributed by atoms with Crippen LogP contribution in [0.25, 0.3) is 0 Å². The molecule has 6 nitrogen and oxygen atoms in total. The number of hydrogen-bond acceptors (Lipinski definition) is 6. The van der Waals surface area contributed by atoms with E-state index in [1.165, 1.54) is 0 Å². The van der Waals surface area contributed by atoms with Crippen molar-refractivity contribution < 1.29 is 14.0 Å². The van der Waals surface area contributed by atoms with E-state index >= 15 is 0 Å². The number of aromatic nitrogens is 2. The van der Waals surface area contributed by atoms with Crippen molar-refractivity contribution in [1.82, 2.24) is 10.1 Å². The molecule has 0 radical (unpaired) electrons. The van der Waals surface area contributed by atoms with Gasteiger partial charge in [-0.1, -0.05) is 17.3 Å². The van der Waals surface area contributed by atoms with Crippen LogP contribution in [0.4, 0.5) is 5.69 Å². The zero-order valence-electron chi connectivity index (χ0n) is 11.6. The molecule has 1 saturated heterocycles. The first-order valence-corrected chi connectivity index (χ1v) is 7.31. The van der Waals surface area contributed by atoms with E-state index in [9.17, 15) is 0 Å². The van der Waals surface area contributed by atoms with Gasteiger partial charge in [0.25, 0.3) is 5.89 Å². The molecule has 1 fully saturated rings. The van der Waals surface area contributed by atoms with Crippen LogP contribution in [-0.4, -0.2) is 29.9 Å². The quantitative estimate of drug-likeness (QED) is 0.915. The molecule has 0 aliphatic carbocycles. The van der Waals surface area contributed by atoms with E-state index in [1.54, 1.807) is 0 Å². The second-order valence-electron chi connectivity index (χ2n) is 5.36. The Morgan fingerprint density at radius 1 is 1.14 bits per heavy atom. The number of fused-ring (bicyclic) bond motifs is 1. The third-order valence-electron chi connectivity index (χ3n) is 3.95. The molecular formula is C15H17N3O3. The molecule has 110 valence electrons. The molecule has 3 heterocycles. The van der Waals surface area contributed by atoms with Crippen molar-refractivity contribution >= 4 is 5.69 Å². The standard InChI is InChI=1S/C15H17N3O3/c1-2-4-12-11(3-1)16-9-13(20-12)15-17-14(18-21-15)10-5-7-19-8-6-10/h1-4,10,13,16H,5-9H2. The van der Waals surface area contributed by atoms with Gasteiger partial charge >= 0.3 is 0 Å². The lowest BCUT2D eigenvalue weighted by Gasteiger charge is -2.24. The second-order valence-corrected chi connectivity index (χ2v) is 5.36. The van der Waals surface area contributed by atoms with Crippen molar-refractivity contribution in [3.63, 3.8) is 0 Å². The lowest BCUT2D eigenvalue weighted by molar-refractivity contribution is 0.0830. The Balaban J connectivity index is 1.51. The summed E-state index contributed by atoms with van der Waals surface area (Å²) >= 11 is 0. The van der Waals surface area contributed by atoms with E-state index in [-0.39, 0.29) is 6.10 Å². The van der Waals surface area contributed by atoms with E-state index in [0.29, 0.717) is 18.4 Å². The molecule has 1 N–H and O–H groups in total. The first-order chi connectivity index (χ1) is 10.4. The van der Waals surface area contributed by atoms with E-state index < -0.39 is 0 Å². The van der Waals surface area contributed by atoms with Crippen LogP contribution in [0.3, 0.4) is 0 Å². The number of nitrogens with one attached hydrogen (secondary N) is 1. The minimum absolute atomic E-state index is 0.235. The van der Waals surface area contributed by atoms with Gasteiger partial charge in [-0.2, -0.15) is 4.98 Å². The topological polar surface area (TPSA) is 69.4 Å². The smallest absolute Gasteiger partial charge is 0.269 e. The zero-order chi connectivity index (χ0) is 14.1. The van der Waals surface area contributed by atoms with Gasteiger partial charge in [0.05, 0.1) is 12.2 Å². The highest BCUT2D eigenvalue weighted by molar-refractivity contribution is 5.57. The highest BCUT2D eigenvalue weighted by Gasteiger charge is 2.28. The van der Waals surface area contributed by atoms with Crippen LogP contribution in [0.15, 0.2) is 28.8 Å². The number of ether oxygens (including phenoxy) is 2. The van der Waals surface area contributed by atoms with Gasteiger partial charge in [0.2, 0.25) is 0 Å². The summed E-state index contributed by atoms with van der Waals surface area (Å²) in [7, 11) is 0. The molecular weight excluding hydrogens is 270 g/mol. The molecule has 1 atom stereocenters. The van der Waals surface area contributed by atoms with E-state index in [2.05, 4.69) is 15.5 Å². The predicted molar refractivity (Wildman–Crippen MR) is 75.4 cm³/mol. The van der Waals surface area contributed by atoms with Gasteiger partial charge in [-0.15, -0.1) is 0 Å². The van der Waals surface area contributed by atoms with E-state index in [1.807, 2.05) is 24.3 Å². The van der Waals surface area contributed by atoms with Crippen molar-refractivity contribution in [3.05, 3.63) is 36.0 Å². The van der Waals surface area contributed by atoms with Crippen molar-refractivity contribution in [2.75, 3.05) is 25.1 Å². The molecule has 1 aromatic heterocycles. The summed E-state index contributed by atoms with van der Waals surface area (Å²) in [5, 5.41) is 7.45. The SMILES string of the molecule is c1ccc2c(c1)NCC(c1nc(C3CCOCC3)no1)O2. The lowest BCUT2D eigenvalue weighted by Crippen LogP contribution is -2.24. The fraction of sp³-hybridized carbons (Fsp3) is 0.467. The van der Waals surface area contributed by atoms with Gasteiger partial charge in [-0.3, -0.25) is 0 Å². The minimum atomic E-state index is -0.235. The maximum atomic E-state index is 5.94. The van der Waals surface area contributed by atoms with Crippen molar-refractivity contribution in [1.29, 1.82) is 0 Å². The molecule has 4 rings (SSSR count). The Morgan fingerprint density at radius 3 is 2.90 bits per heavy atom. The molecule has 0 saturated carbocycles. The van der Waals surface area contributed by atoms with Gasteiger partial charge in [-0.05, 0) is 25.0 Å². The Labute approximate surface area is 122 Å². The summed E-state index contributed by atoms with van der Waals surface area (Å²) in [4.78, 5) is 4.53. The van der Waals surface area contributed by atoms with Gasteiger partial charge in [0, 0.05) is 19.1 Å². The summed E-state index contributed by atoms with van der Waals surface area (Å²) in [6, 6.07) is 7.85. The maximum absolute atomic E-state index is 5.94. The molecule has 21 heavy (non-hydrogen) atoms. The number of benzene rings is 1. The Hall–Kier alpha value is -2.08. The van der Waals surface area contributed by atoms with Crippen LogP contribution in [0.1, 0.15) is 36.6 Å². The number of hydrogen-bond donors (Lipinski definition) is 1. The van der Waals surface area contributed by atoms with Crippen LogP contribution >= 0.6 is 0 Å². The predicted octanol–water partition coefficient (Wildman–Crippen LogP) is 2.51. The zero-order valence-corrected chi connectivity index (χ0v) is 11.6. The molecule has 2 aliphatic heterocycles. The third kappa shape index (κ3) is 2.47. The molecule has 0 amide bonds. The van der Waals surface area contributed by atoms with Gasteiger partial charge < -0.3 is 19.3 Å². The Morgan fingerprint density at radius 2 is 2.00 bits per heavy atom. The molecule has 2 aliphatic rings. The minimum Gasteiger partial charge on any atom is -0.477 e. The summed E-state index contributed by atoms with van der Waals surface area (Å²) < 4.78 is 16.7. The molecule has 0 spiro atoms. The number of anilines is 1. The number of nitrogens with zero attached hydrogens (tertiary/aromatic N) is 2. The first kappa shape index (κ1) is 12.6. The summed E-state index contributed by atoms with van der Waals surface area (Å²) in [5.41, 5.74) is 0.998. The largest absolute Gasteiger partial charge is 0.477 e. The van der Waals surface area contributed by atoms with Crippen LogP contribution in [-0.2, 0) is 4.74 Å². The van der Waals surface area contributed by atoms with E-state index in [0.717, 1.165) is 43.3 Å². The lowest BCUT2D eigenvalue weighted by atomic mass is 10.00. The fourth-order valence-electron chi connectivity index (χ4n) is 2.75. The van der Waals surface area contributed by atoms with E-state index in [4.69, 9.17) is 14.0 Å². The summed E-state index contributed by atoms with van der Waals surface area (Å²) in [6.45, 7) is 2.17. The average Bonchev–Trinajstić information content (AvgIpc) is 3.05. The summed E-state index contributed by atoms with van der Waals surface area (Å²) in [5.74, 6) is 2.47. The summed E-state index contributed by atoms with van der Waals surface area (Å²) in [6.07, 6.45) is 1.66. The normalized spacial score (nSPS) is 22.2. The Kier molecular flexibility index (Phi) is 3.23. The van der Waals surface area contributed by atoms with Crippen molar-refractivity contribution in [2.45, 2.75) is 24.9 Å². The average molecular weight is 287 g/mol. The Bertz CT molecular complexity index is 622. The third-order valence-corrected chi connectivity index (χ3v) is 3.95. The van der Waals surface area contributed by atoms with Gasteiger partial charge in [-0.25, -0.2) is 0 Å². The fourth-order valence-corrected chi connectivity index (χ4v) is 2.75. The highest BCUT2D eigenvalue weighted by Crippen LogP contribution is 2.34. The second kappa shape index (κ2) is 5.37. The van der Waals surface area contributed by atoms with Gasteiger partial charge in [0.15, 0.2) is 11.9 Å². The maximum Gasteiger partial charge on any atom is 0.269 e. The number of rotatable bonds is 2. The molecule has 6 heteroatoms. The van der Waals surface area contributed by atoms with Crippen LogP contribution in [0, 0.1) is 0 Å². The molecule has 1 unspecified atom stereocenters. The first-order valence-electron chi connectivity index (χ1n) is 7.31. The highest BCUT2D eigenvalue weighted by atomic mass is 16.5. The molecule has 0 bridgehead atoms. The molecule has 1 aromatic carbocycles. The van der Waals surface area contributed by atoms with Crippen LogP contribution in [0.5, 0.6) is 5.75 Å². The molecule has 2 aromatic rings. The van der Waals surface area contributed by atoms with Crippen molar-refractivity contribution in [3.8, 4) is 5.75 Å². The van der Waals surface area contributed by atoms with Crippen molar-refractivity contribution in [2.24, 2.45) is 0 Å². The monoisotopic (exact) mass is 287 g/mol.